The van der Waals surface area contributed by atoms with Crippen LogP contribution in [0.4, 0.5) is 0 Å². The molecule has 1 aliphatic rings. The van der Waals surface area contributed by atoms with E-state index in [9.17, 15) is 4.79 Å². The Labute approximate surface area is 110 Å². The molecule has 1 fully saturated rings. The summed E-state index contributed by atoms with van der Waals surface area (Å²) < 4.78 is 0. The first kappa shape index (κ1) is 12.1. The third kappa shape index (κ3) is 2.44. The molecular weight excluding hydrogens is 244 g/mol. The fraction of sp³-hybridized carbons (Fsp3) is 0.462. The number of H-pyrrole nitrogens is 1. The van der Waals surface area contributed by atoms with E-state index in [1.807, 2.05) is 0 Å². The minimum absolute atomic E-state index is 0.103. The number of aliphatic hydroxyl groups excluding tert-OH is 1. The number of carbonyl (C=O) groups excluding carboxylic acids is 1. The molecule has 0 bridgehead atoms. The second-order valence-corrected chi connectivity index (χ2v) is 5.18. The molecule has 0 aliphatic heterocycles. The summed E-state index contributed by atoms with van der Waals surface area (Å²) in [7, 11) is 0. The number of hydrogen-bond acceptors (Lipinski definition) is 4. The zero-order valence-corrected chi connectivity index (χ0v) is 10.5. The summed E-state index contributed by atoms with van der Waals surface area (Å²) >= 11 is 0. The van der Waals surface area contributed by atoms with Crippen molar-refractivity contribution >= 4 is 16.9 Å². The van der Waals surface area contributed by atoms with Gasteiger partial charge in [0.25, 0.3) is 5.91 Å². The SMILES string of the molecule is O=C(NCC1(CCO)CC1)c1ccc2n[nH]nc2c1. The van der Waals surface area contributed by atoms with Gasteiger partial charge in [-0.3, -0.25) is 4.79 Å². The predicted molar refractivity (Wildman–Crippen MR) is 69.6 cm³/mol. The zero-order chi connectivity index (χ0) is 13.3. The quantitative estimate of drug-likeness (QED) is 0.743. The van der Waals surface area contributed by atoms with Gasteiger partial charge in [0.1, 0.15) is 11.0 Å². The topological polar surface area (TPSA) is 90.9 Å². The van der Waals surface area contributed by atoms with Crippen molar-refractivity contribution in [3.8, 4) is 0 Å². The second kappa shape index (κ2) is 4.62. The lowest BCUT2D eigenvalue weighted by Gasteiger charge is -2.14. The van der Waals surface area contributed by atoms with Gasteiger partial charge in [-0.05, 0) is 42.9 Å². The number of nitrogens with one attached hydrogen (secondary N) is 2. The number of carbonyl (C=O) groups is 1. The van der Waals surface area contributed by atoms with Crippen molar-refractivity contribution in [2.75, 3.05) is 13.2 Å². The molecule has 0 atom stereocenters. The Bertz CT molecular complexity index is 603. The van der Waals surface area contributed by atoms with Crippen molar-refractivity contribution in [2.45, 2.75) is 19.3 Å². The van der Waals surface area contributed by atoms with Crippen molar-refractivity contribution in [2.24, 2.45) is 5.41 Å². The third-order valence-corrected chi connectivity index (χ3v) is 3.80. The van der Waals surface area contributed by atoms with Crippen LogP contribution in [0.3, 0.4) is 0 Å². The van der Waals surface area contributed by atoms with E-state index < -0.39 is 0 Å². The van der Waals surface area contributed by atoms with E-state index in [0.717, 1.165) is 24.8 Å². The molecule has 3 rings (SSSR count). The van der Waals surface area contributed by atoms with E-state index in [1.54, 1.807) is 18.2 Å². The molecule has 1 aromatic heterocycles. The van der Waals surface area contributed by atoms with Crippen molar-refractivity contribution in [3.05, 3.63) is 23.8 Å². The molecule has 0 saturated heterocycles. The number of hydrogen-bond donors (Lipinski definition) is 3. The van der Waals surface area contributed by atoms with Crippen molar-refractivity contribution in [1.82, 2.24) is 20.7 Å². The van der Waals surface area contributed by atoms with Crippen LogP contribution < -0.4 is 5.32 Å². The van der Waals surface area contributed by atoms with Gasteiger partial charge in [0, 0.05) is 18.7 Å². The molecule has 6 nitrogen and oxygen atoms in total. The molecule has 0 spiro atoms. The Morgan fingerprint density at radius 2 is 2.16 bits per heavy atom. The average molecular weight is 260 g/mol. The molecule has 3 N–H and O–H groups in total. The molecule has 6 heteroatoms. The van der Waals surface area contributed by atoms with Crippen LogP contribution >= 0.6 is 0 Å². The van der Waals surface area contributed by atoms with E-state index >= 15 is 0 Å². The summed E-state index contributed by atoms with van der Waals surface area (Å²) in [5.74, 6) is -0.103. The Balaban J connectivity index is 1.66. The fourth-order valence-corrected chi connectivity index (χ4v) is 2.28. The highest BCUT2D eigenvalue weighted by Crippen LogP contribution is 2.47. The maximum absolute atomic E-state index is 12.1. The maximum Gasteiger partial charge on any atom is 0.251 e. The largest absolute Gasteiger partial charge is 0.396 e. The lowest BCUT2D eigenvalue weighted by atomic mass is 10.0. The van der Waals surface area contributed by atoms with Gasteiger partial charge in [-0.2, -0.15) is 15.4 Å². The molecule has 0 unspecified atom stereocenters. The summed E-state index contributed by atoms with van der Waals surface area (Å²) in [5, 5.41) is 22.4. The van der Waals surface area contributed by atoms with Crippen LogP contribution in [0.1, 0.15) is 29.6 Å². The molecule has 0 radical (unpaired) electrons. The maximum atomic E-state index is 12.1. The zero-order valence-electron chi connectivity index (χ0n) is 10.5. The molecule has 1 amide bonds. The molecule has 100 valence electrons. The van der Waals surface area contributed by atoms with Crippen LogP contribution in [-0.2, 0) is 0 Å². The van der Waals surface area contributed by atoms with Crippen molar-refractivity contribution in [1.29, 1.82) is 0 Å². The van der Waals surface area contributed by atoms with Crippen LogP contribution in [0, 0.1) is 5.41 Å². The van der Waals surface area contributed by atoms with Gasteiger partial charge >= 0.3 is 0 Å². The molecule has 1 heterocycles. The number of amides is 1. The number of nitrogens with zero attached hydrogens (tertiary/aromatic N) is 2. The normalized spacial score (nSPS) is 16.5. The van der Waals surface area contributed by atoms with Gasteiger partial charge in [0.15, 0.2) is 0 Å². The van der Waals surface area contributed by atoms with Crippen molar-refractivity contribution in [3.63, 3.8) is 0 Å². The summed E-state index contributed by atoms with van der Waals surface area (Å²) in [6.07, 6.45) is 2.92. The summed E-state index contributed by atoms with van der Waals surface area (Å²) in [6, 6.07) is 5.24. The third-order valence-electron chi connectivity index (χ3n) is 3.80. The first-order chi connectivity index (χ1) is 9.22. The number of fused-ring (bicyclic) bond motifs is 1. The molecular formula is C13H16N4O2. The number of aromatic nitrogens is 3. The van der Waals surface area contributed by atoms with Crippen LogP contribution in [-0.4, -0.2) is 39.6 Å². The average Bonchev–Trinajstić information content (AvgIpc) is 3.02. The summed E-state index contributed by atoms with van der Waals surface area (Å²) in [5.41, 5.74) is 2.14. The van der Waals surface area contributed by atoms with Crippen LogP contribution in [0.5, 0.6) is 0 Å². The number of rotatable bonds is 5. The lowest BCUT2D eigenvalue weighted by molar-refractivity contribution is 0.0941. The fourth-order valence-electron chi connectivity index (χ4n) is 2.28. The van der Waals surface area contributed by atoms with E-state index in [2.05, 4.69) is 20.7 Å². The highest BCUT2D eigenvalue weighted by molar-refractivity contribution is 5.97. The minimum Gasteiger partial charge on any atom is -0.396 e. The number of aliphatic hydroxyl groups is 1. The standard InChI is InChI=1S/C13H16N4O2/c18-6-5-13(3-4-13)8-14-12(19)9-1-2-10-11(7-9)16-17-15-10/h1-2,7,18H,3-6,8H2,(H,14,19)(H,15,16,17). The molecule has 1 saturated carbocycles. The van der Waals surface area contributed by atoms with Gasteiger partial charge < -0.3 is 10.4 Å². The predicted octanol–water partition coefficient (Wildman–Crippen LogP) is 0.850. The summed E-state index contributed by atoms with van der Waals surface area (Å²) in [6.45, 7) is 0.810. The molecule has 1 aliphatic carbocycles. The highest BCUT2D eigenvalue weighted by atomic mass is 16.3. The number of aromatic amines is 1. The van der Waals surface area contributed by atoms with E-state index in [4.69, 9.17) is 5.11 Å². The molecule has 2 aromatic rings. The number of benzene rings is 1. The molecule has 19 heavy (non-hydrogen) atoms. The van der Waals surface area contributed by atoms with Gasteiger partial charge in [0.2, 0.25) is 0 Å². The van der Waals surface area contributed by atoms with Crippen LogP contribution in [0.15, 0.2) is 18.2 Å². The second-order valence-electron chi connectivity index (χ2n) is 5.18. The summed E-state index contributed by atoms with van der Waals surface area (Å²) in [4.78, 5) is 12.1. The first-order valence-electron chi connectivity index (χ1n) is 6.42. The monoisotopic (exact) mass is 260 g/mol. The Morgan fingerprint density at radius 3 is 2.89 bits per heavy atom. The van der Waals surface area contributed by atoms with Gasteiger partial charge in [-0.15, -0.1) is 0 Å². The van der Waals surface area contributed by atoms with Gasteiger partial charge in [0.05, 0.1) is 0 Å². The first-order valence-corrected chi connectivity index (χ1v) is 6.42. The Hall–Kier alpha value is -1.95. The Kier molecular flexibility index (Phi) is 2.94. The van der Waals surface area contributed by atoms with Crippen molar-refractivity contribution < 1.29 is 9.90 Å². The van der Waals surface area contributed by atoms with Crippen LogP contribution in [0.2, 0.25) is 0 Å². The highest BCUT2D eigenvalue weighted by Gasteiger charge is 2.41. The minimum atomic E-state index is -0.103. The van der Waals surface area contributed by atoms with Gasteiger partial charge in [-0.25, -0.2) is 0 Å². The van der Waals surface area contributed by atoms with Crippen LogP contribution in [0.25, 0.3) is 11.0 Å². The van der Waals surface area contributed by atoms with Gasteiger partial charge in [-0.1, -0.05) is 0 Å². The van der Waals surface area contributed by atoms with E-state index in [0.29, 0.717) is 17.6 Å². The van der Waals surface area contributed by atoms with E-state index in [1.165, 1.54) is 0 Å². The lowest BCUT2D eigenvalue weighted by Crippen LogP contribution is -2.30. The smallest absolute Gasteiger partial charge is 0.251 e. The Morgan fingerprint density at radius 1 is 1.37 bits per heavy atom. The van der Waals surface area contributed by atoms with E-state index in [-0.39, 0.29) is 17.9 Å². The molecule has 1 aromatic carbocycles.